The molecule has 1 heterocycles. The van der Waals surface area contributed by atoms with Gasteiger partial charge in [-0.1, -0.05) is 0 Å². The van der Waals surface area contributed by atoms with Gasteiger partial charge in [-0.05, 0) is 0 Å². The third-order valence-electron chi connectivity index (χ3n) is 2.27. The van der Waals surface area contributed by atoms with E-state index in [0.29, 0.717) is 0 Å². The van der Waals surface area contributed by atoms with Crippen LogP contribution in [0.25, 0.3) is 0 Å². The summed E-state index contributed by atoms with van der Waals surface area (Å²) in [6.45, 7) is 2.40. The predicted octanol–water partition coefficient (Wildman–Crippen LogP) is 0.148. The molecule has 80 valence electrons. The van der Waals surface area contributed by atoms with Gasteiger partial charge in [0, 0.05) is 14.2 Å². The van der Waals surface area contributed by atoms with Crippen molar-refractivity contribution in [1.82, 2.24) is 4.57 Å². The molecule has 0 saturated heterocycles. The number of hydrogen-bond donors (Lipinski definition) is 0. The lowest BCUT2D eigenvalue weighted by Gasteiger charge is -2.01. The molecule has 0 radical (unpaired) electrons. The Morgan fingerprint density at radius 3 is 2.64 bits per heavy atom. The molecule has 14 heavy (non-hydrogen) atoms. The summed E-state index contributed by atoms with van der Waals surface area (Å²) in [4.78, 5) is 0. The molecule has 4 nitrogen and oxygen atoms in total. The van der Waals surface area contributed by atoms with Gasteiger partial charge in [-0.3, -0.25) is 0 Å². The average molecular weight is 199 g/mol. The molecule has 0 aliphatic rings. The van der Waals surface area contributed by atoms with E-state index in [1.165, 1.54) is 5.82 Å². The third kappa shape index (κ3) is 2.82. The SMILES string of the molecule is COCCc1n(CCOC)cc[n+]1C. The molecule has 4 heteroatoms. The van der Waals surface area contributed by atoms with Crippen LogP contribution >= 0.6 is 0 Å². The van der Waals surface area contributed by atoms with E-state index in [-0.39, 0.29) is 0 Å². The molecule has 1 aromatic rings. The molecule has 0 spiro atoms. The average Bonchev–Trinajstić information content (AvgIpc) is 2.53. The number of rotatable bonds is 6. The zero-order valence-corrected chi connectivity index (χ0v) is 9.19. The van der Waals surface area contributed by atoms with Crippen molar-refractivity contribution >= 4 is 0 Å². The summed E-state index contributed by atoms with van der Waals surface area (Å²) in [6, 6.07) is 0. The van der Waals surface area contributed by atoms with Crippen molar-refractivity contribution in [2.24, 2.45) is 7.05 Å². The van der Waals surface area contributed by atoms with E-state index >= 15 is 0 Å². The summed E-state index contributed by atoms with van der Waals surface area (Å²) in [6.07, 6.45) is 5.06. The Morgan fingerprint density at radius 2 is 2.00 bits per heavy atom. The lowest BCUT2D eigenvalue weighted by atomic mass is 10.4. The predicted molar refractivity (Wildman–Crippen MR) is 53.1 cm³/mol. The molecule has 0 saturated carbocycles. The van der Waals surface area contributed by atoms with E-state index in [0.717, 1.165) is 26.2 Å². The van der Waals surface area contributed by atoms with Crippen LogP contribution in [0.1, 0.15) is 5.82 Å². The van der Waals surface area contributed by atoms with Gasteiger partial charge in [-0.15, -0.1) is 0 Å². The first-order chi connectivity index (χ1) is 6.79. The molecule has 0 aliphatic carbocycles. The van der Waals surface area contributed by atoms with Gasteiger partial charge in [0.15, 0.2) is 0 Å². The summed E-state index contributed by atoms with van der Waals surface area (Å²) in [5.41, 5.74) is 0. The van der Waals surface area contributed by atoms with Gasteiger partial charge in [0.25, 0.3) is 5.82 Å². The van der Waals surface area contributed by atoms with Crippen molar-refractivity contribution in [3.8, 4) is 0 Å². The van der Waals surface area contributed by atoms with E-state index in [2.05, 4.69) is 21.5 Å². The number of ether oxygens (including phenoxy) is 2. The van der Waals surface area contributed by atoms with Crippen LogP contribution in [0.5, 0.6) is 0 Å². The van der Waals surface area contributed by atoms with Crippen molar-refractivity contribution in [3.05, 3.63) is 18.2 Å². The van der Waals surface area contributed by atoms with Crippen LogP contribution < -0.4 is 4.57 Å². The molecule has 0 aliphatic heterocycles. The van der Waals surface area contributed by atoms with Crippen molar-refractivity contribution in [2.75, 3.05) is 27.4 Å². The number of hydrogen-bond acceptors (Lipinski definition) is 2. The minimum absolute atomic E-state index is 0.745. The normalized spacial score (nSPS) is 10.8. The fourth-order valence-electron chi connectivity index (χ4n) is 1.46. The highest BCUT2D eigenvalue weighted by Crippen LogP contribution is 1.96. The highest BCUT2D eigenvalue weighted by atomic mass is 16.5. The highest BCUT2D eigenvalue weighted by Gasteiger charge is 2.13. The zero-order chi connectivity index (χ0) is 10.4. The fourth-order valence-corrected chi connectivity index (χ4v) is 1.46. The Bertz CT molecular complexity index is 271. The Morgan fingerprint density at radius 1 is 1.29 bits per heavy atom. The molecule has 0 bridgehead atoms. The smallest absolute Gasteiger partial charge is 0.258 e. The van der Waals surface area contributed by atoms with Gasteiger partial charge >= 0.3 is 0 Å². The number of aromatic nitrogens is 2. The molecule has 1 rings (SSSR count). The largest absolute Gasteiger partial charge is 0.384 e. The minimum atomic E-state index is 0.745. The quantitative estimate of drug-likeness (QED) is 0.610. The molecule has 0 unspecified atom stereocenters. The second-order valence-corrected chi connectivity index (χ2v) is 3.25. The summed E-state index contributed by atoms with van der Waals surface area (Å²) in [5, 5.41) is 0. The summed E-state index contributed by atoms with van der Waals surface area (Å²) in [7, 11) is 5.50. The second kappa shape index (κ2) is 5.78. The van der Waals surface area contributed by atoms with Gasteiger partial charge in [0.2, 0.25) is 0 Å². The number of imidazole rings is 1. The van der Waals surface area contributed by atoms with Gasteiger partial charge in [-0.25, -0.2) is 9.13 Å². The molecule has 0 N–H and O–H groups in total. The maximum atomic E-state index is 5.07. The summed E-state index contributed by atoms with van der Waals surface area (Å²) in [5.74, 6) is 1.27. The van der Waals surface area contributed by atoms with Crippen molar-refractivity contribution in [3.63, 3.8) is 0 Å². The van der Waals surface area contributed by atoms with Crippen molar-refractivity contribution in [2.45, 2.75) is 13.0 Å². The first-order valence-corrected chi connectivity index (χ1v) is 4.81. The lowest BCUT2D eigenvalue weighted by Crippen LogP contribution is -2.33. The first-order valence-electron chi connectivity index (χ1n) is 4.81. The van der Waals surface area contributed by atoms with E-state index < -0.39 is 0 Å². The highest BCUT2D eigenvalue weighted by molar-refractivity contribution is 4.83. The second-order valence-electron chi connectivity index (χ2n) is 3.25. The van der Waals surface area contributed by atoms with Crippen LogP contribution in [-0.4, -0.2) is 32.0 Å². The Hall–Kier alpha value is -0.870. The standard InChI is InChI=1S/C10H19N2O2/c1-11-5-6-12(7-9-14-3)10(11)4-8-13-2/h5-6H,4,7-9H2,1-3H3/q+1. The maximum Gasteiger partial charge on any atom is 0.258 e. The molecule has 0 atom stereocenters. The zero-order valence-electron chi connectivity index (χ0n) is 9.19. The summed E-state index contributed by atoms with van der Waals surface area (Å²) < 4.78 is 14.4. The number of aryl methyl sites for hydroxylation is 1. The molecular formula is C10H19N2O2+. The van der Waals surface area contributed by atoms with E-state index in [4.69, 9.17) is 9.47 Å². The van der Waals surface area contributed by atoms with E-state index in [1.807, 2.05) is 7.05 Å². The summed E-state index contributed by atoms with van der Waals surface area (Å²) >= 11 is 0. The Labute approximate surface area is 85.1 Å². The van der Waals surface area contributed by atoms with E-state index in [1.54, 1.807) is 14.2 Å². The van der Waals surface area contributed by atoms with Gasteiger partial charge < -0.3 is 9.47 Å². The van der Waals surface area contributed by atoms with Gasteiger partial charge in [-0.2, -0.15) is 0 Å². The fraction of sp³-hybridized carbons (Fsp3) is 0.700. The third-order valence-corrected chi connectivity index (χ3v) is 2.27. The van der Waals surface area contributed by atoms with Gasteiger partial charge in [0.05, 0.1) is 26.7 Å². The number of nitrogens with zero attached hydrogens (tertiary/aromatic N) is 2. The maximum absolute atomic E-state index is 5.07. The van der Waals surface area contributed by atoms with Crippen LogP contribution in [0.3, 0.4) is 0 Å². The van der Waals surface area contributed by atoms with Crippen LogP contribution in [0.2, 0.25) is 0 Å². The monoisotopic (exact) mass is 199 g/mol. The first kappa shape index (κ1) is 11.2. The van der Waals surface area contributed by atoms with Gasteiger partial charge in [0.1, 0.15) is 18.9 Å². The Balaban J connectivity index is 2.62. The van der Waals surface area contributed by atoms with Crippen LogP contribution in [0.4, 0.5) is 0 Å². The van der Waals surface area contributed by atoms with Crippen molar-refractivity contribution < 1.29 is 14.0 Å². The van der Waals surface area contributed by atoms with E-state index in [9.17, 15) is 0 Å². The lowest BCUT2D eigenvalue weighted by molar-refractivity contribution is -0.679. The van der Waals surface area contributed by atoms with Crippen molar-refractivity contribution in [1.29, 1.82) is 0 Å². The van der Waals surface area contributed by atoms with Crippen LogP contribution in [0, 0.1) is 0 Å². The minimum Gasteiger partial charge on any atom is -0.384 e. The Kier molecular flexibility index (Phi) is 4.62. The molecular weight excluding hydrogens is 180 g/mol. The molecule has 0 amide bonds. The molecule has 0 aromatic carbocycles. The van der Waals surface area contributed by atoms with Crippen LogP contribution in [0.15, 0.2) is 12.4 Å². The molecule has 1 aromatic heterocycles. The number of methoxy groups -OCH3 is 2. The molecule has 0 fully saturated rings. The topological polar surface area (TPSA) is 27.3 Å². The van der Waals surface area contributed by atoms with Crippen LogP contribution in [-0.2, 0) is 29.5 Å².